The second-order valence-corrected chi connectivity index (χ2v) is 5.48. The zero-order valence-electron chi connectivity index (χ0n) is 10.6. The number of benzene rings is 2. The van der Waals surface area contributed by atoms with Gasteiger partial charge in [0.2, 0.25) is 0 Å². The monoisotopic (exact) mass is 340 g/mol. The first-order chi connectivity index (χ1) is 9.88. The molecule has 0 heterocycles. The Morgan fingerprint density at radius 1 is 1.10 bits per heavy atom. The molecular formula is C14H10Cl2N2O2S. The predicted molar refractivity (Wildman–Crippen MR) is 88.4 cm³/mol. The number of thiocarbonyl (C=S) groups is 1. The molecule has 1 amide bonds. The molecule has 4 nitrogen and oxygen atoms in total. The number of phenols is 1. The highest BCUT2D eigenvalue weighted by Crippen LogP contribution is 2.25. The van der Waals surface area contributed by atoms with Gasteiger partial charge in [-0.25, -0.2) is 0 Å². The van der Waals surface area contributed by atoms with E-state index in [2.05, 4.69) is 5.32 Å². The molecule has 0 atom stereocenters. The highest BCUT2D eigenvalue weighted by atomic mass is 35.5. The van der Waals surface area contributed by atoms with Crippen LogP contribution in [0.1, 0.15) is 15.9 Å². The summed E-state index contributed by atoms with van der Waals surface area (Å²) in [5.41, 5.74) is 6.53. The van der Waals surface area contributed by atoms with Crippen LogP contribution in [0.25, 0.3) is 0 Å². The third-order valence-electron chi connectivity index (χ3n) is 2.70. The summed E-state index contributed by atoms with van der Waals surface area (Å²) in [5, 5.41) is 13.1. The summed E-state index contributed by atoms with van der Waals surface area (Å²) in [7, 11) is 0. The number of hydrogen-bond donors (Lipinski definition) is 3. The standard InChI is InChI=1S/C14H10Cl2N2O2S/c15-7-1-3-9(13(17)21)11(5-7)18-14(20)10-4-2-8(16)6-12(10)19/h1-6,19H,(H2,17,21)(H,18,20). The lowest BCUT2D eigenvalue weighted by Gasteiger charge is -2.11. The van der Waals surface area contributed by atoms with Crippen molar-refractivity contribution in [2.75, 3.05) is 5.32 Å². The van der Waals surface area contributed by atoms with Gasteiger partial charge < -0.3 is 16.2 Å². The van der Waals surface area contributed by atoms with E-state index in [1.165, 1.54) is 24.3 Å². The second kappa shape index (κ2) is 6.30. The summed E-state index contributed by atoms with van der Waals surface area (Å²) in [4.78, 5) is 12.3. The lowest BCUT2D eigenvalue weighted by molar-refractivity contribution is 0.102. The van der Waals surface area contributed by atoms with E-state index in [1.54, 1.807) is 12.1 Å². The first-order valence-corrected chi connectivity index (χ1v) is 6.94. The maximum atomic E-state index is 12.2. The summed E-state index contributed by atoms with van der Waals surface area (Å²) in [5.74, 6) is -0.747. The SMILES string of the molecule is NC(=S)c1ccc(Cl)cc1NC(=O)c1ccc(Cl)cc1O. The number of nitrogens with one attached hydrogen (secondary N) is 1. The largest absolute Gasteiger partial charge is 0.507 e. The van der Waals surface area contributed by atoms with E-state index in [9.17, 15) is 9.90 Å². The second-order valence-electron chi connectivity index (χ2n) is 4.17. The van der Waals surface area contributed by atoms with Gasteiger partial charge in [-0.15, -0.1) is 0 Å². The zero-order chi connectivity index (χ0) is 15.6. The van der Waals surface area contributed by atoms with Gasteiger partial charge in [-0.05, 0) is 36.4 Å². The molecule has 7 heteroatoms. The number of rotatable bonds is 3. The average molecular weight is 341 g/mol. The Morgan fingerprint density at radius 3 is 2.24 bits per heavy atom. The fraction of sp³-hybridized carbons (Fsp3) is 0. The van der Waals surface area contributed by atoms with Crippen LogP contribution in [0.3, 0.4) is 0 Å². The van der Waals surface area contributed by atoms with Gasteiger partial charge in [-0.3, -0.25) is 4.79 Å². The normalized spacial score (nSPS) is 10.2. The van der Waals surface area contributed by atoms with Gasteiger partial charge in [0.05, 0.1) is 11.3 Å². The van der Waals surface area contributed by atoms with Gasteiger partial charge in [0.1, 0.15) is 10.7 Å². The molecule has 108 valence electrons. The first-order valence-electron chi connectivity index (χ1n) is 5.77. The van der Waals surface area contributed by atoms with E-state index in [-0.39, 0.29) is 16.3 Å². The van der Waals surface area contributed by atoms with Crippen LogP contribution in [-0.4, -0.2) is 16.0 Å². The van der Waals surface area contributed by atoms with Crippen LogP contribution in [-0.2, 0) is 0 Å². The zero-order valence-corrected chi connectivity index (χ0v) is 12.9. The third-order valence-corrected chi connectivity index (χ3v) is 3.39. The van der Waals surface area contributed by atoms with Crippen LogP contribution in [0.5, 0.6) is 5.75 Å². The number of hydrogen-bond acceptors (Lipinski definition) is 3. The maximum absolute atomic E-state index is 12.2. The van der Waals surface area contributed by atoms with Crippen LogP contribution in [0.4, 0.5) is 5.69 Å². The number of halogens is 2. The van der Waals surface area contributed by atoms with Gasteiger partial charge >= 0.3 is 0 Å². The molecule has 2 aromatic rings. The van der Waals surface area contributed by atoms with Gasteiger partial charge in [0.25, 0.3) is 5.91 Å². The van der Waals surface area contributed by atoms with Crippen molar-refractivity contribution >= 4 is 52.0 Å². The van der Waals surface area contributed by atoms with Gasteiger partial charge in [-0.2, -0.15) is 0 Å². The average Bonchev–Trinajstić information content (AvgIpc) is 2.37. The number of carbonyl (C=O) groups is 1. The smallest absolute Gasteiger partial charge is 0.259 e. The number of carbonyl (C=O) groups excluding carboxylic acids is 1. The molecule has 0 spiro atoms. The van der Waals surface area contributed by atoms with Crippen molar-refractivity contribution in [3.63, 3.8) is 0 Å². The van der Waals surface area contributed by atoms with Crippen LogP contribution >= 0.6 is 35.4 Å². The molecule has 4 N–H and O–H groups in total. The molecule has 0 bridgehead atoms. The summed E-state index contributed by atoms with van der Waals surface area (Å²) in [6, 6.07) is 8.96. The number of nitrogens with two attached hydrogens (primary N) is 1. The Morgan fingerprint density at radius 2 is 1.67 bits per heavy atom. The maximum Gasteiger partial charge on any atom is 0.259 e. The van der Waals surface area contributed by atoms with Crippen molar-refractivity contribution in [1.29, 1.82) is 0 Å². The van der Waals surface area contributed by atoms with Crippen molar-refractivity contribution in [3.05, 3.63) is 57.6 Å². The number of anilines is 1. The third kappa shape index (κ3) is 3.64. The van der Waals surface area contributed by atoms with Crippen LogP contribution in [0.15, 0.2) is 36.4 Å². The number of aromatic hydroxyl groups is 1. The van der Waals surface area contributed by atoms with E-state index >= 15 is 0 Å². The molecular weight excluding hydrogens is 331 g/mol. The summed E-state index contributed by atoms with van der Waals surface area (Å²) < 4.78 is 0. The van der Waals surface area contributed by atoms with E-state index in [4.69, 9.17) is 41.2 Å². The number of amides is 1. The van der Waals surface area contributed by atoms with E-state index in [0.29, 0.717) is 21.3 Å². The Balaban J connectivity index is 2.35. The first kappa shape index (κ1) is 15.6. The van der Waals surface area contributed by atoms with E-state index in [0.717, 1.165) is 0 Å². The molecule has 0 aliphatic heterocycles. The Labute approximate surface area is 136 Å². The van der Waals surface area contributed by atoms with Crippen LogP contribution < -0.4 is 11.1 Å². The Hall–Kier alpha value is -1.82. The van der Waals surface area contributed by atoms with E-state index < -0.39 is 5.91 Å². The quantitative estimate of drug-likeness (QED) is 0.746. The summed E-state index contributed by atoms with van der Waals surface area (Å²) in [6.45, 7) is 0. The molecule has 2 aromatic carbocycles. The molecule has 0 aromatic heterocycles. The minimum Gasteiger partial charge on any atom is -0.507 e. The molecule has 0 saturated heterocycles. The lowest BCUT2D eigenvalue weighted by atomic mass is 10.1. The van der Waals surface area contributed by atoms with Crippen molar-refractivity contribution in [3.8, 4) is 5.75 Å². The molecule has 0 radical (unpaired) electrons. The van der Waals surface area contributed by atoms with Crippen molar-refractivity contribution in [1.82, 2.24) is 0 Å². The van der Waals surface area contributed by atoms with E-state index in [1.807, 2.05) is 0 Å². The molecule has 0 aliphatic rings. The van der Waals surface area contributed by atoms with Gasteiger partial charge in [0, 0.05) is 15.6 Å². The van der Waals surface area contributed by atoms with Gasteiger partial charge in [0.15, 0.2) is 0 Å². The molecule has 2 rings (SSSR count). The number of phenolic OH excluding ortho intramolecular Hbond substituents is 1. The topological polar surface area (TPSA) is 75.3 Å². The minimum absolute atomic E-state index is 0.0771. The highest BCUT2D eigenvalue weighted by molar-refractivity contribution is 7.80. The summed E-state index contributed by atoms with van der Waals surface area (Å²) in [6.07, 6.45) is 0. The molecule has 0 aliphatic carbocycles. The molecule has 0 fully saturated rings. The minimum atomic E-state index is -0.524. The van der Waals surface area contributed by atoms with Crippen molar-refractivity contribution in [2.24, 2.45) is 5.73 Å². The fourth-order valence-electron chi connectivity index (χ4n) is 1.72. The van der Waals surface area contributed by atoms with Crippen molar-refractivity contribution in [2.45, 2.75) is 0 Å². The predicted octanol–water partition coefficient (Wildman–Crippen LogP) is 3.59. The van der Waals surface area contributed by atoms with Gasteiger partial charge in [-0.1, -0.05) is 35.4 Å². The molecule has 0 saturated carbocycles. The van der Waals surface area contributed by atoms with Crippen molar-refractivity contribution < 1.29 is 9.90 Å². The summed E-state index contributed by atoms with van der Waals surface area (Å²) >= 11 is 16.5. The molecule has 0 unspecified atom stereocenters. The Bertz CT molecular complexity index is 735. The molecule has 21 heavy (non-hydrogen) atoms. The lowest BCUT2D eigenvalue weighted by Crippen LogP contribution is -2.17. The van der Waals surface area contributed by atoms with Crippen LogP contribution in [0.2, 0.25) is 10.0 Å². The Kier molecular flexibility index (Phi) is 4.67. The fourth-order valence-corrected chi connectivity index (χ4v) is 2.24. The highest BCUT2D eigenvalue weighted by Gasteiger charge is 2.14. The van der Waals surface area contributed by atoms with Crippen LogP contribution in [0, 0.1) is 0 Å².